The Balaban J connectivity index is 2.17. The molecule has 0 aliphatic carbocycles. The lowest BCUT2D eigenvalue weighted by Crippen LogP contribution is -2.47. The van der Waals surface area contributed by atoms with Crippen LogP contribution in [0.3, 0.4) is 0 Å². The molecule has 0 unspecified atom stereocenters. The van der Waals surface area contributed by atoms with Crippen molar-refractivity contribution in [1.29, 1.82) is 0 Å². The second-order valence-corrected chi connectivity index (χ2v) is 3.42. The Bertz CT molecular complexity index is 365. The lowest BCUT2D eigenvalue weighted by molar-refractivity contribution is 0.00310. The van der Waals surface area contributed by atoms with Gasteiger partial charge in [0.2, 0.25) is 11.5 Å². The number of nitrogen functional groups attached to an aromatic ring is 1. The van der Waals surface area contributed by atoms with Crippen LogP contribution in [-0.4, -0.2) is 46.9 Å². The molecule has 15 heavy (non-hydrogen) atoms. The molecular formula is C8H12N4O3. The predicted molar refractivity (Wildman–Crippen MR) is 50.0 cm³/mol. The molecule has 2 heterocycles. The molecule has 0 radical (unpaired) electrons. The van der Waals surface area contributed by atoms with E-state index < -0.39 is 0 Å². The van der Waals surface area contributed by atoms with E-state index in [9.17, 15) is 4.79 Å². The number of carbonyl (C=O) groups excluding carboxylic acids is 1. The van der Waals surface area contributed by atoms with Crippen molar-refractivity contribution in [3.8, 4) is 0 Å². The number of hydrogen-bond acceptors (Lipinski definition) is 6. The monoisotopic (exact) mass is 212 g/mol. The lowest BCUT2D eigenvalue weighted by atomic mass is 10.2. The predicted octanol–water partition coefficient (Wildman–Crippen LogP) is -0.487. The van der Waals surface area contributed by atoms with Gasteiger partial charge in [0, 0.05) is 6.54 Å². The molecule has 82 valence electrons. The Labute approximate surface area is 86.1 Å². The minimum atomic E-state index is -0.260. The van der Waals surface area contributed by atoms with Crippen LogP contribution in [0.5, 0.6) is 0 Å². The average molecular weight is 212 g/mol. The molecule has 2 N–H and O–H groups in total. The molecule has 1 fully saturated rings. The summed E-state index contributed by atoms with van der Waals surface area (Å²) in [6, 6.07) is 0.0161. The maximum Gasteiger partial charge on any atom is 0.280 e. The third-order valence-corrected chi connectivity index (χ3v) is 2.34. The molecule has 2 rings (SSSR count). The summed E-state index contributed by atoms with van der Waals surface area (Å²) in [5.74, 6) is -0.233. The highest BCUT2D eigenvalue weighted by Gasteiger charge is 2.28. The Morgan fingerprint density at radius 1 is 1.60 bits per heavy atom. The topological polar surface area (TPSA) is 94.5 Å². The summed E-state index contributed by atoms with van der Waals surface area (Å²) in [5.41, 5.74) is 5.52. The van der Waals surface area contributed by atoms with Crippen LogP contribution in [0, 0.1) is 0 Å². The van der Waals surface area contributed by atoms with E-state index in [0.29, 0.717) is 19.8 Å². The minimum Gasteiger partial charge on any atom is -0.379 e. The van der Waals surface area contributed by atoms with Gasteiger partial charge in [-0.05, 0) is 17.2 Å². The van der Waals surface area contributed by atoms with Gasteiger partial charge in [-0.2, -0.15) is 0 Å². The summed E-state index contributed by atoms with van der Waals surface area (Å²) >= 11 is 0. The Morgan fingerprint density at radius 3 is 3.00 bits per heavy atom. The van der Waals surface area contributed by atoms with Gasteiger partial charge < -0.3 is 15.4 Å². The zero-order valence-electron chi connectivity index (χ0n) is 8.34. The van der Waals surface area contributed by atoms with Crippen LogP contribution in [-0.2, 0) is 4.74 Å². The Hall–Kier alpha value is -1.63. The number of morpholine rings is 1. The molecule has 0 aromatic carbocycles. The maximum atomic E-state index is 11.9. The Morgan fingerprint density at radius 2 is 2.40 bits per heavy atom. The number of nitrogens with two attached hydrogens (primary N) is 1. The number of nitrogens with zero attached hydrogens (tertiary/aromatic N) is 3. The zero-order valence-corrected chi connectivity index (χ0v) is 8.34. The number of amides is 1. The van der Waals surface area contributed by atoms with Crippen molar-refractivity contribution >= 4 is 11.7 Å². The zero-order chi connectivity index (χ0) is 10.8. The van der Waals surface area contributed by atoms with Crippen LogP contribution in [0.15, 0.2) is 4.63 Å². The van der Waals surface area contributed by atoms with Gasteiger partial charge in [-0.3, -0.25) is 4.79 Å². The summed E-state index contributed by atoms with van der Waals surface area (Å²) in [7, 11) is 0. The van der Waals surface area contributed by atoms with Crippen LogP contribution in [0.4, 0.5) is 5.82 Å². The lowest BCUT2D eigenvalue weighted by Gasteiger charge is -2.32. The van der Waals surface area contributed by atoms with E-state index in [1.54, 1.807) is 4.90 Å². The van der Waals surface area contributed by atoms with Gasteiger partial charge in [-0.25, -0.2) is 4.63 Å². The van der Waals surface area contributed by atoms with Crippen LogP contribution in [0.2, 0.25) is 0 Å². The van der Waals surface area contributed by atoms with Crippen LogP contribution >= 0.6 is 0 Å². The molecule has 7 nitrogen and oxygen atoms in total. The second kappa shape index (κ2) is 3.85. The fourth-order valence-corrected chi connectivity index (χ4v) is 1.51. The molecule has 1 aromatic rings. The van der Waals surface area contributed by atoms with Gasteiger partial charge in [-0.15, -0.1) is 0 Å². The van der Waals surface area contributed by atoms with Crippen molar-refractivity contribution in [3.05, 3.63) is 5.69 Å². The van der Waals surface area contributed by atoms with Crippen molar-refractivity contribution in [2.75, 3.05) is 25.5 Å². The standard InChI is InChI=1S/C8H12N4O3/c1-5-4-14-3-2-12(5)8(13)6-7(9)11-15-10-6/h5H,2-4H2,1H3,(H2,9,11)/t5-/m1/s1. The summed E-state index contributed by atoms with van der Waals surface area (Å²) in [6.07, 6.45) is 0. The SMILES string of the molecule is C[C@@H]1COCCN1C(=O)c1nonc1N. The first-order chi connectivity index (χ1) is 7.20. The second-order valence-electron chi connectivity index (χ2n) is 3.42. The van der Waals surface area contributed by atoms with Gasteiger partial charge in [0.1, 0.15) is 0 Å². The van der Waals surface area contributed by atoms with E-state index >= 15 is 0 Å². The highest BCUT2D eigenvalue weighted by molar-refractivity contribution is 5.96. The summed E-state index contributed by atoms with van der Waals surface area (Å²) < 4.78 is 9.61. The average Bonchev–Trinajstić information content (AvgIpc) is 2.64. The summed E-state index contributed by atoms with van der Waals surface area (Å²) in [6.45, 7) is 3.49. The van der Waals surface area contributed by atoms with Crippen LogP contribution in [0.25, 0.3) is 0 Å². The van der Waals surface area contributed by atoms with Gasteiger partial charge in [0.25, 0.3) is 5.91 Å². The fraction of sp³-hybridized carbons (Fsp3) is 0.625. The largest absolute Gasteiger partial charge is 0.379 e. The first-order valence-electron chi connectivity index (χ1n) is 4.67. The van der Waals surface area contributed by atoms with Gasteiger partial charge in [0.15, 0.2) is 0 Å². The molecule has 0 saturated carbocycles. The summed E-state index contributed by atoms with van der Waals surface area (Å²) in [4.78, 5) is 13.6. The van der Waals surface area contributed by atoms with Gasteiger partial charge in [-0.1, -0.05) is 0 Å². The molecule has 1 aliphatic rings. The number of rotatable bonds is 1. The normalized spacial score (nSPS) is 21.7. The summed E-state index contributed by atoms with van der Waals surface area (Å²) in [5, 5.41) is 6.85. The number of hydrogen-bond donors (Lipinski definition) is 1. The van der Waals surface area contributed by atoms with E-state index in [1.165, 1.54) is 0 Å². The van der Waals surface area contributed by atoms with E-state index in [4.69, 9.17) is 10.5 Å². The van der Waals surface area contributed by atoms with Crippen molar-refractivity contribution in [3.63, 3.8) is 0 Å². The van der Waals surface area contributed by atoms with E-state index in [-0.39, 0.29) is 23.5 Å². The highest BCUT2D eigenvalue weighted by Crippen LogP contribution is 2.13. The van der Waals surface area contributed by atoms with Crippen LogP contribution in [0.1, 0.15) is 17.4 Å². The smallest absolute Gasteiger partial charge is 0.280 e. The van der Waals surface area contributed by atoms with Crippen molar-refractivity contribution in [2.45, 2.75) is 13.0 Å². The number of carbonyl (C=O) groups is 1. The van der Waals surface area contributed by atoms with E-state index in [1.807, 2.05) is 6.92 Å². The number of anilines is 1. The third-order valence-electron chi connectivity index (χ3n) is 2.34. The van der Waals surface area contributed by atoms with E-state index in [0.717, 1.165) is 0 Å². The molecule has 0 spiro atoms. The first-order valence-corrected chi connectivity index (χ1v) is 4.67. The van der Waals surface area contributed by atoms with Crippen molar-refractivity contribution in [2.24, 2.45) is 0 Å². The molecule has 7 heteroatoms. The quantitative estimate of drug-likeness (QED) is 0.675. The molecular weight excluding hydrogens is 200 g/mol. The van der Waals surface area contributed by atoms with Gasteiger partial charge in [0.05, 0.1) is 19.3 Å². The first kappa shape index (κ1) is 9.91. The third kappa shape index (κ3) is 1.78. The molecule has 1 amide bonds. The minimum absolute atomic E-state index is 0.0161. The van der Waals surface area contributed by atoms with Crippen LogP contribution < -0.4 is 5.73 Å². The van der Waals surface area contributed by atoms with Crippen molar-refractivity contribution < 1.29 is 14.2 Å². The Kier molecular flexibility index (Phi) is 2.55. The van der Waals surface area contributed by atoms with E-state index in [2.05, 4.69) is 14.9 Å². The van der Waals surface area contributed by atoms with Crippen molar-refractivity contribution in [1.82, 2.24) is 15.2 Å². The molecule has 1 aliphatic heterocycles. The number of aromatic nitrogens is 2. The maximum absolute atomic E-state index is 11.9. The van der Waals surface area contributed by atoms with Gasteiger partial charge >= 0.3 is 0 Å². The molecule has 1 saturated heterocycles. The highest BCUT2D eigenvalue weighted by atomic mass is 16.6. The molecule has 1 aromatic heterocycles. The molecule has 1 atom stereocenters. The fourth-order valence-electron chi connectivity index (χ4n) is 1.51. The molecule has 0 bridgehead atoms. The number of ether oxygens (including phenoxy) is 1.